The highest BCUT2D eigenvalue weighted by molar-refractivity contribution is 4.91. The molecule has 2 heteroatoms. The third-order valence-electron chi connectivity index (χ3n) is 2.29. The average molecular weight is 155 g/mol. The van der Waals surface area contributed by atoms with Gasteiger partial charge in [0.05, 0.1) is 12.2 Å². The van der Waals surface area contributed by atoms with Crippen LogP contribution in [0.15, 0.2) is 12.7 Å². The maximum atomic E-state index is 5.72. The summed E-state index contributed by atoms with van der Waals surface area (Å²) in [5.74, 6) is 0. The topological polar surface area (TPSA) is 21.3 Å². The Hall–Kier alpha value is -0.340. The fraction of sp³-hybridized carbons (Fsp3) is 0.778. The molecule has 1 atom stereocenters. The summed E-state index contributed by atoms with van der Waals surface area (Å²) in [6.45, 7) is 8.69. The van der Waals surface area contributed by atoms with E-state index in [4.69, 9.17) is 4.74 Å². The summed E-state index contributed by atoms with van der Waals surface area (Å²) in [5.41, 5.74) is 0.0417. The summed E-state index contributed by atoms with van der Waals surface area (Å²) in [6, 6.07) is 0. The zero-order valence-electron chi connectivity index (χ0n) is 7.23. The number of hydrogen-bond donors (Lipinski definition) is 1. The van der Waals surface area contributed by atoms with Gasteiger partial charge in [-0.1, -0.05) is 13.0 Å². The number of morpholine rings is 1. The van der Waals surface area contributed by atoms with Gasteiger partial charge in [0.2, 0.25) is 0 Å². The Kier molecular flexibility index (Phi) is 3.09. The number of rotatable bonds is 3. The lowest BCUT2D eigenvalue weighted by atomic mass is 9.95. The van der Waals surface area contributed by atoms with Gasteiger partial charge in [0.25, 0.3) is 0 Å². The largest absolute Gasteiger partial charge is 0.372 e. The highest BCUT2D eigenvalue weighted by Gasteiger charge is 2.29. The normalized spacial score (nSPS) is 31.7. The average Bonchev–Trinajstić information content (AvgIpc) is 2.07. The smallest absolute Gasteiger partial charge is 0.0838 e. The van der Waals surface area contributed by atoms with E-state index in [0.717, 1.165) is 32.5 Å². The molecule has 64 valence electrons. The molecule has 1 aliphatic heterocycles. The molecule has 1 saturated heterocycles. The molecule has 0 aromatic rings. The molecular formula is C9H17NO. The van der Waals surface area contributed by atoms with E-state index in [1.54, 1.807) is 0 Å². The van der Waals surface area contributed by atoms with Crippen molar-refractivity contribution in [1.29, 1.82) is 0 Å². The van der Waals surface area contributed by atoms with Crippen molar-refractivity contribution in [3.05, 3.63) is 12.7 Å². The van der Waals surface area contributed by atoms with Crippen LogP contribution in [0.2, 0.25) is 0 Å². The second-order valence-electron chi connectivity index (χ2n) is 3.05. The Balaban J connectivity index is 2.49. The lowest BCUT2D eigenvalue weighted by molar-refractivity contribution is -0.0658. The number of nitrogens with one attached hydrogen (secondary N) is 1. The Labute approximate surface area is 68.6 Å². The van der Waals surface area contributed by atoms with Gasteiger partial charge < -0.3 is 10.1 Å². The quantitative estimate of drug-likeness (QED) is 0.621. The molecule has 11 heavy (non-hydrogen) atoms. The van der Waals surface area contributed by atoms with Crippen molar-refractivity contribution in [2.45, 2.75) is 25.4 Å². The minimum atomic E-state index is 0.0417. The summed E-state index contributed by atoms with van der Waals surface area (Å²) < 4.78 is 5.72. The maximum absolute atomic E-state index is 5.72. The van der Waals surface area contributed by atoms with Gasteiger partial charge in [-0.2, -0.15) is 0 Å². The van der Waals surface area contributed by atoms with Gasteiger partial charge in [0.1, 0.15) is 0 Å². The van der Waals surface area contributed by atoms with E-state index in [1.807, 2.05) is 6.08 Å². The van der Waals surface area contributed by atoms with E-state index in [-0.39, 0.29) is 5.60 Å². The fourth-order valence-electron chi connectivity index (χ4n) is 1.47. The van der Waals surface area contributed by atoms with Gasteiger partial charge in [0, 0.05) is 13.1 Å². The summed E-state index contributed by atoms with van der Waals surface area (Å²) in [5, 5.41) is 3.34. The van der Waals surface area contributed by atoms with Crippen LogP contribution in [0.3, 0.4) is 0 Å². The summed E-state index contributed by atoms with van der Waals surface area (Å²) in [7, 11) is 0. The second-order valence-corrected chi connectivity index (χ2v) is 3.05. The van der Waals surface area contributed by atoms with Crippen molar-refractivity contribution in [2.75, 3.05) is 19.7 Å². The summed E-state index contributed by atoms with van der Waals surface area (Å²) >= 11 is 0. The lowest BCUT2D eigenvalue weighted by Gasteiger charge is -2.36. The third kappa shape index (κ3) is 2.04. The molecule has 1 N–H and O–H groups in total. The first-order valence-corrected chi connectivity index (χ1v) is 4.28. The molecule has 0 aromatic heterocycles. The lowest BCUT2D eigenvalue weighted by Crippen LogP contribution is -2.49. The summed E-state index contributed by atoms with van der Waals surface area (Å²) in [4.78, 5) is 0. The van der Waals surface area contributed by atoms with Gasteiger partial charge in [-0.05, 0) is 12.8 Å². The molecule has 1 fully saturated rings. The van der Waals surface area contributed by atoms with Crippen LogP contribution in [-0.2, 0) is 4.74 Å². The minimum absolute atomic E-state index is 0.0417. The molecule has 1 rings (SSSR count). The zero-order chi connectivity index (χ0) is 8.16. The predicted molar refractivity (Wildman–Crippen MR) is 46.7 cm³/mol. The maximum Gasteiger partial charge on any atom is 0.0838 e. The van der Waals surface area contributed by atoms with Crippen LogP contribution in [0.25, 0.3) is 0 Å². The van der Waals surface area contributed by atoms with E-state index < -0.39 is 0 Å². The Bertz CT molecular complexity index is 128. The van der Waals surface area contributed by atoms with Crippen molar-refractivity contribution < 1.29 is 4.74 Å². The van der Waals surface area contributed by atoms with Gasteiger partial charge >= 0.3 is 0 Å². The predicted octanol–water partition coefficient (Wildman–Crippen LogP) is 1.33. The van der Waals surface area contributed by atoms with Crippen molar-refractivity contribution in [3.63, 3.8) is 0 Å². The highest BCUT2D eigenvalue weighted by Crippen LogP contribution is 2.21. The summed E-state index contributed by atoms with van der Waals surface area (Å²) in [6.07, 6.45) is 3.96. The molecule has 1 aliphatic rings. The molecular weight excluding hydrogens is 138 g/mol. The van der Waals surface area contributed by atoms with Crippen molar-refractivity contribution in [1.82, 2.24) is 5.32 Å². The molecule has 0 bridgehead atoms. The monoisotopic (exact) mass is 155 g/mol. The molecule has 0 aromatic carbocycles. The van der Waals surface area contributed by atoms with Gasteiger partial charge in [-0.15, -0.1) is 6.58 Å². The standard InChI is InChI=1S/C9H17NO/c1-3-5-9(4-2)8-10-6-7-11-9/h3,10H,1,4-8H2,2H3/t9-/m1/s1. The molecule has 2 nitrogen and oxygen atoms in total. The molecule has 0 unspecified atom stereocenters. The first kappa shape index (κ1) is 8.75. The molecule has 1 heterocycles. The van der Waals surface area contributed by atoms with E-state index in [9.17, 15) is 0 Å². The number of hydrogen-bond acceptors (Lipinski definition) is 2. The first-order valence-electron chi connectivity index (χ1n) is 4.28. The van der Waals surface area contributed by atoms with Gasteiger partial charge in [0.15, 0.2) is 0 Å². The molecule has 0 amide bonds. The first-order chi connectivity index (χ1) is 5.33. The van der Waals surface area contributed by atoms with E-state index in [0.29, 0.717) is 0 Å². The van der Waals surface area contributed by atoms with Gasteiger partial charge in [-0.25, -0.2) is 0 Å². The molecule has 0 radical (unpaired) electrons. The van der Waals surface area contributed by atoms with E-state index in [2.05, 4.69) is 18.8 Å². The fourth-order valence-corrected chi connectivity index (χ4v) is 1.47. The van der Waals surface area contributed by atoms with Crippen LogP contribution in [-0.4, -0.2) is 25.3 Å². The van der Waals surface area contributed by atoms with Crippen LogP contribution in [0.1, 0.15) is 19.8 Å². The number of ether oxygens (including phenoxy) is 1. The molecule has 0 saturated carbocycles. The SMILES string of the molecule is C=CC[C@]1(CC)CNCCO1. The van der Waals surface area contributed by atoms with Crippen molar-refractivity contribution in [3.8, 4) is 0 Å². The van der Waals surface area contributed by atoms with Gasteiger partial charge in [-0.3, -0.25) is 0 Å². The minimum Gasteiger partial charge on any atom is -0.372 e. The Morgan fingerprint density at radius 3 is 3.00 bits per heavy atom. The second kappa shape index (κ2) is 3.88. The van der Waals surface area contributed by atoms with Crippen molar-refractivity contribution >= 4 is 0 Å². The van der Waals surface area contributed by atoms with Crippen LogP contribution in [0.5, 0.6) is 0 Å². The highest BCUT2D eigenvalue weighted by atomic mass is 16.5. The Morgan fingerprint density at radius 1 is 1.73 bits per heavy atom. The van der Waals surface area contributed by atoms with E-state index >= 15 is 0 Å². The Morgan fingerprint density at radius 2 is 2.55 bits per heavy atom. The third-order valence-corrected chi connectivity index (χ3v) is 2.29. The van der Waals surface area contributed by atoms with Crippen LogP contribution in [0.4, 0.5) is 0 Å². The van der Waals surface area contributed by atoms with Crippen LogP contribution >= 0.6 is 0 Å². The van der Waals surface area contributed by atoms with Crippen molar-refractivity contribution in [2.24, 2.45) is 0 Å². The van der Waals surface area contributed by atoms with E-state index in [1.165, 1.54) is 0 Å². The van der Waals surface area contributed by atoms with Crippen LogP contribution < -0.4 is 5.32 Å². The zero-order valence-corrected chi connectivity index (χ0v) is 7.23. The van der Waals surface area contributed by atoms with Crippen LogP contribution in [0, 0.1) is 0 Å². The molecule has 0 spiro atoms. The molecule has 0 aliphatic carbocycles.